The fraction of sp³-hybridized carbons (Fsp3) is 1.00. The molecule has 96 valence electrons. The summed E-state index contributed by atoms with van der Waals surface area (Å²) in [6.07, 6.45) is -0.270. The van der Waals surface area contributed by atoms with Crippen LogP contribution in [0.5, 0.6) is 0 Å². The van der Waals surface area contributed by atoms with Crippen molar-refractivity contribution in [3.05, 3.63) is 0 Å². The molecule has 1 aliphatic heterocycles. The van der Waals surface area contributed by atoms with Gasteiger partial charge in [-0.15, -0.1) is 0 Å². The molecule has 2 unspecified atom stereocenters. The van der Waals surface area contributed by atoms with E-state index in [0.29, 0.717) is 13.2 Å². The first-order valence-electron chi connectivity index (χ1n) is 5.33. The zero-order valence-corrected chi connectivity index (χ0v) is 10.7. The Labute approximate surface area is 96.9 Å². The van der Waals surface area contributed by atoms with Crippen molar-refractivity contribution in [2.45, 2.75) is 18.3 Å². The maximum atomic E-state index is 5.64. The summed E-state index contributed by atoms with van der Waals surface area (Å²) in [6, 6.07) is 0. The normalized spacial score (nSPS) is 30.6. The molecule has 0 spiro atoms. The molecule has 6 nitrogen and oxygen atoms in total. The van der Waals surface area contributed by atoms with E-state index in [4.69, 9.17) is 19.1 Å². The summed E-state index contributed by atoms with van der Waals surface area (Å²) in [6.45, 7) is 1.00. The van der Waals surface area contributed by atoms with E-state index >= 15 is 0 Å². The molecule has 0 aliphatic carbocycles. The molecule has 1 rings (SSSR count). The smallest absolute Gasteiger partial charge is 0.136 e. The molecule has 1 aliphatic rings. The zero-order valence-electron chi connectivity index (χ0n) is 10.7. The number of hydrogen-bond donors (Lipinski definition) is 0. The van der Waals surface area contributed by atoms with Gasteiger partial charge in [-0.05, 0) is 0 Å². The highest BCUT2D eigenvalue weighted by Crippen LogP contribution is 2.21. The van der Waals surface area contributed by atoms with Crippen molar-refractivity contribution in [2.75, 3.05) is 48.5 Å². The van der Waals surface area contributed by atoms with Gasteiger partial charge in [0.15, 0.2) is 0 Å². The van der Waals surface area contributed by atoms with Crippen molar-refractivity contribution < 1.29 is 19.1 Å². The number of methoxy groups -OCH3 is 1. The summed E-state index contributed by atoms with van der Waals surface area (Å²) >= 11 is 0. The molecule has 0 aromatic heterocycles. The minimum Gasteiger partial charge on any atom is -0.376 e. The predicted octanol–water partition coefficient (Wildman–Crippen LogP) is -0.245. The quantitative estimate of drug-likeness (QED) is 0.591. The van der Waals surface area contributed by atoms with Gasteiger partial charge in [-0.3, -0.25) is 9.68 Å². The fourth-order valence-electron chi connectivity index (χ4n) is 1.59. The third-order valence-corrected chi connectivity index (χ3v) is 2.34. The van der Waals surface area contributed by atoms with Gasteiger partial charge in [-0.25, -0.2) is 0 Å². The Kier molecular flexibility index (Phi) is 5.60. The molecule has 0 amide bonds. The summed E-state index contributed by atoms with van der Waals surface area (Å²) in [4.78, 5) is 11.0. The SMILES string of the molecule is COC1CO[C@H](CON(C)C)C1ON(C)C. The molecule has 0 radical (unpaired) electrons. The highest BCUT2D eigenvalue weighted by Gasteiger charge is 2.39. The van der Waals surface area contributed by atoms with E-state index < -0.39 is 0 Å². The molecule has 3 atom stereocenters. The van der Waals surface area contributed by atoms with Crippen LogP contribution >= 0.6 is 0 Å². The molecule has 0 aromatic rings. The lowest BCUT2D eigenvalue weighted by atomic mass is 10.1. The van der Waals surface area contributed by atoms with Gasteiger partial charge in [-0.1, -0.05) is 0 Å². The number of rotatable bonds is 6. The standard InChI is InChI=1S/C10H22N2O4/c1-11(2)15-7-9-10(16-12(3)4)8(13-5)6-14-9/h8-10H,6-7H2,1-5H3/t8?,9-,10?/m1/s1. The predicted molar refractivity (Wildman–Crippen MR) is 58.7 cm³/mol. The van der Waals surface area contributed by atoms with Gasteiger partial charge in [0.2, 0.25) is 0 Å². The van der Waals surface area contributed by atoms with Crippen LogP contribution in [0.3, 0.4) is 0 Å². The molecule has 0 N–H and O–H groups in total. The van der Waals surface area contributed by atoms with Crippen LogP contribution < -0.4 is 0 Å². The molecule has 1 heterocycles. The highest BCUT2D eigenvalue weighted by atomic mass is 16.7. The highest BCUT2D eigenvalue weighted by molar-refractivity contribution is 4.85. The Balaban J connectivity index is 2.48. The lowest BCUT2D eigenvalue weighted by Crippen LogP contribution is -2.41. The second-order valence-corrected chi connectivity index (χ2v) is 4.14. The van der Waals surface area contributed by atoms with E-state index in [1.807, 2.05) is 28.2 Å². The van der Waals surface area contributed by atoms with E-state index in [9.17, 15) is 0 Å². The molecule has 0 bridgehead atoms. The lowest BCUT2D eigenvalue weighted by Gasteiger charge is -2.25. The number of ether oxygens (including phenoxy) is 2. The summed E-state index contributed by atoms with van der Waals surface area (Å²) < 4.78 is 10.9. The van der Waals surface area contributed by atoms with Crippen molar-refractivity contribution >= 4 is 0 Å². The summed E-state index contributed by atoms with van der Waals surface area (Å²) in [5.41, 5.74) is 0. The van der Waals surface area contributed by atoms with Gasteiger partial charge < -0.3 is 9.47 Å². The van der Waals surface area contributed by atoms with Gasteiger partial charge in [0.05, 0.1) is 13.2 Å². The molecule has 6 heteroatoms. The van der Waals surface area contributed by atoms with Crippen molar-refractivity contribution in [1.82, 2.24) is 10.1 Å². The largest absolute Gasteiger partial charge is 0.376 e. The number of hydrogen-bond acceptors (Lipinski definition) is 6. The number of nitrogens with zero attached hydrogens (tertiary/aromatic N) is 2. The molecular weight excluding hydrogens is 212 g/mol. The zero-order chi connectivity index (χ0) is 12.1. The van der Waals surface area contributed by atoms with Crippen molar-refractivity contribution in [2.24, 2.45) is 0 Å². The maximum absolute atomic E-state index is 5.64. The van der Waals surface area contributed by atoms with E-state index in [-0.39, 0.29) is 18.3 Å². The van der Waals surface area contributed by atoms with Crippen LogP contribution in [0.4, 0.5) is 0 Å². The lowest BCUT2D eigenvalue weighted by molar-refractivity contribution is -0.219. The van der Waals surface area contributed by atoms with Gasteiger partial charge in [0, 0.05) is 35.3 Å². The first-order chi connectivity index (χ1) is 7.54. The monoisotopic (exact) mass is 234 g/mol. The Bertz CT molecular complexity index is 201. The Morgan fingerprint density at radius 3 is 2.38 bits per heavy atom. The van der Waals surface area contributed by atoms with Crippen LogP contribution in [0.1, 0.15) is 0 Å². The van der Waals surface area contributed by atoms with Gasteiger partial charge in [0.1, 0.15) is 18.3 Å². The maximum Gasteiger partial charge on any atom is 0.136 e. The molecule has 16 heavy (non-hydrogen) atoms. The van der Waals surface area contributed by atoms with E-state index in [1.165, 1.54) is 0 Å². The van der Waals surface area contributed by atoms with Crippen molar-refractivity contribution in [1.29, 1.82) is 0 Å². The molecular formula is C10H22N2O4. The summed E-state index contributed by atoms with van der Waals surface area (Å²) in [5, 5.41) is 3.31. The van der Waals surface area contributed by atoms with E-state index in [2.05, 4.69) is 0 Å². The Morgan fingerprint density at radius 1 is 1.19 bits per heavy atom. The van der Waals surface area contributed by atoms with Crippen LogP contribution in [0.2, 0.25) is 0 Å². The van der Waals surface area contributed by atoms with Gasteiger partial charge >= 0.3 is 0 Å². The third kappa shape index (κ3) is 3.97. The van der Waals surface area contributed by atoms with E-state index in [0.717, 1.165) is 0 Å². The van der Waals surface area contributed by atoms with Gasteiger partial charge in [0.25, 0.3) is 0 Å². The third-order valence-electron chi connectivity index (χ3n) is 2.34. The topological polar surface area (TPSA) is 43.4 Å². The first-order valence-corrected chi connectivity index (χ1v) is 5.33. The van der Waals surface area contributed by atoms with Gasteiger partial charge in [-0.2, -0.15) is 10.1 Å². The van der Waals surface area contributed by atoms with Crippen molar-refractivity contribution in [3.8, 4) is 0 Å². The van der Waals surface area contributed by atoms with E-state index in [1.54, 1.807) is 17.2 Å². The molecule has 1 saturated heterocycles. The Morgan fingerprint density at radius 2 is 1.88 bits per heavy atom. The molecule has 1 fully saturated rings. The number of hydroxylamine groups is 4. The minimum absolute atomic E-state index is 0.0434. The minimum atomic E-state index is -0.125. The average Bonchev–Trinajstić information content (AvgIpc) is 2.56. The second-order valence-electron chi connectivity index (χ2n) is 4.14. The Hall–Kier alpha value is -0.240. The van der Waals surface area contributed by atoms with Crippen LogP contribution in [-0.2, 0) is 19.1 Å². The van der Waals surface area contributed by atoms with Crippen LogP contribution in [0.15, 0.2) is 0 Å². The van der Waals surface area contributed by atoms with Crippen LogP contribution in [0, 0.1) is 0 Å². The summed E-state index contributed by atoms with van der Waals surface area (Å²) in [5.74, 6) is 0. The van der Waals surface area contributed by atoms with Crippen molar-refractivity contribution in [3.63, 3.8) is 0 Å². The summed E-state index contributed by atoms with van der Waals surface area (Å²) in [7, 11) is 9.02. The second kappa shape index (κ2) is 6.48. The first kappa shape index (κ1) is 13.8. The average molecular weight is 234 g/mol. The molecule has 0 saturated carbocycles. The van der Waals surface area contributed by atoms with Crippen LogP contribution in [-0.4, -0.2) is 77.0 Å². The molecule has 0 aromatic carbocycles. The van der Waals surface area contributed by atoms with Crippen LogP contribution in [0.25, 0.3) is 0 Å². The fourth-order valence-corrected chi connectivity index (χ4v) is 1.59.